The van der Waals surface area contributed by atoms with Crippen molar-refractivity contribution in [2.75, 3.05) is 26.2 Å². The number of halogens is 4. The molecule has 0 bridgehead atoms. The van der Waals surface area contributed by atoms with Crippen molar-refractivity contribution in [1.82, 2.24) is 9.80 Å². The molecule has 1 fully saturated rings. The molecule has 0 N–H and O–H groups in total. The second-order valence-corrected chi connectivity index (χ2v) is 8.38. The van der Waals surface area contributed by atoms with Gasteiger partial charge in [-0.15, -0.1) is 0 Å². The SMILES string of the molecule is O=C(OCc1cc(Cl)cc(Cl)c1)N1CCN(C(=O)OCc2cc(Cl)cc(Cl)c2)CC1. The molecule has 30 heavy (non-hydrogen) atoms. The average molecular weight is 492 g/mol. The molecule has 1 saturated heterocycles. The van der Waals surface area contributed by atoms with E-state index in [1.807, 2.05) is 0 Å². The lowest BCUT2D eigenvalue weighted by molar-refractivity contribution is 0.0557. The van der Waals surface area contributed by atoms with Crippen molar-refractivity contribution in [3.8, 4) is 0 Å². The van der Waals surface area contributed by atoms with Crippen molar-refractivity contribution >= 4 is 58.6 Å². The standard InChI is InChI=1S/C20H18Cl4N2O4/c21-15-5-13(6-16(22)9-15)11-29-19(27)25-1-2-26(4-3-25)20(28)30-12-14-7-17(23)10-18(24)8-14/h5-10H,1-4,11-12H2. The maximum Gasteiger partial charge on any atom is 0.410 e. The van der Waals surface area contributed by atoms with E-state index in [2.05, 4.69) is 0 Å². The molecule has 1 aliphatic rings. The maximum absolute atomic E-state index is 12.3. The number of carbonyl (C=O) groups is 2. The number of hydrogen-bond donors (Lipinski definition) is 0. The second-order valence-electron chi connectivity index (χ2n) is 6.64. The highest BCUT2D eigenvalue weighted by Gasteiger charge is 2.26. The molecule has 2 aromatic rings. The molecule has 0 aromatic heterocycles. The molecule has 1 aliphatic heterocycles. The Bertz CT molecular complexity index is 817. The van der Waals surface area contributed by atoms with Gasteiger partial charge in [0.1, 0.15) is 13.2 Å². The molecule has 10 heteroatoms. The Morgan fingerprint density at radius 1 is 0.633 bits per heavy atom. The molecule has 0 radical (unpaired) electrons. The lowest BCUT2D eigenvalue weighted by Crippen LogP contribution is -2.50. The van der Waals surface area contributed by atoms with Crippen molar-refractivity contribution < 1.29 is 19.1 Å². The third kappa shape index (κ3) is 6.57. The summed E-state index contributed by atoms with van der Waals surface area (Å²) in [7, 11) is 0. The summed E-state index contributed by atoms with van der Waals surface area (Å²) in [5.74, 6) is 0. The van der Waals surface area contributed by atoms with Crippen molar-refractivity contribution in [2.45, 2.75) is 13.2 Å². The van der Waals surface area contributed by atoms with E-state index >= 15 is 0 Å². The van der Waals surface area contributed by atoms with Crippen LogP contribution in [0.2, 0.25) is 20.1 Å². The van der Waals surface area contributed by atoms with Crippen LogP contribution in [-0.2, 0) is 22.7 Å². The Hall–Kier alpha value is -1.86. The van der Waals surface area contributed by atoms with Gasteiger partial charge in [-0.25, -0.2) is 9.59 Å². The van der Waals surface area contributed by atoms with Crippen LogP contribution in [0.1, 0.15) is 11.1 Å². The fourth-order valence-electron chi connectivity index (χ4n) is 2.93. The molecule has 0 aliphatic carbocycles. The van der Waals surface area contributed by atoms with E-state index in [1.54, 1.807) is 36.4 Å². The van der Waals surface area contributed by atoms with Gasteiger partial charge < -0.3 is 19.3 Å². The van der Waals surface area contributed by atoms with Gasteiger partial charge in [-0.05, 0) is 47.5 Å². The molecule has 0 spiro atoms. The first-order valence-corrected chi connectivity index (χ1v) is 10.5. The van der Waals surface area contributed by atoms with Crippen LogP contribution in [0.25, 0.3) is 0 Å². The fraction of sp³-hybridized carbons (Fsp3) is 0.300. The Kier molecular flexibility index (Phi) is 7.94. The van der Waals surface area contributed by atoms with Crippen LogP contribution in [-0.4, -0.2) is 48.2 Å². The molecule has 160 valence electrons. The minimum Gasteiger partial charge on any atom is -0.445 e. The quantitative estimate of drug-likeness (QED) is 0.534. The number of benzene rings is 2. The number of amides is 2. The normalized spacial score (nSPS) is 13.9. The van der Waals surface area contributed by atoms with Crippen LogP contribution in [0.3, 0.4) is 0 Å². The molecular formula is C20H18Cl4N2O4. The lowest BCUT2D eigenvalue weighted by Gasteiger charge is -2.33. The number of hydrogen-bond acceptors (Lipinski definition) is 4. The minimum absolute atomic E-state index is 0.0591. The summed E-state index contributed by atoms with van der Waals surface area (Å²) in [6.07, 6.45) is -0.930. The highest BCUT2D eigenvalue weighted by atomic mass is 35.5. The Morgan fingerprint density at radius 2 is 0.933 bits per heavy atom. The zero-order valence-electron chi connectivity index (χ0n) is 15.7. The van der Waals surface area contributed by atoms with E-state index in [0.29, 0.717) is 57.4 Å². The summed E-state index contributed by atoms with van der Waals surface area (Å²) < 4.78 is 10.6. The van der Waals surface area contributed by atoms with Crippen LogP contribution in [0, 0.1) is 0 Å². The molecule has 0 atom stereocenters. The molecule has 0 saturated carbocycles. The summed E-state index contributed by atoms with van der Waals surface area (Å²) in [6.45, 7) is 1.48. The Balaban J connectivity index is 1.43. The van der Waals surface area contributed by atoms with Gasteiger partial charge in [0.25, 0.3) is 0 Å². The first-order valence-electron chi connectivity index (χ1n) is 9.03. The number of piperazine rings is 1. The Morgan fingerprint density at radius 3 is 1.23 bits per heavy atom. The largest absolute Gasteiger partial charge is 0.445 e. The van der Waals surface area contributed by atoms with Crippen molar-refractivity contribution in [3.63, 3.8) is 0 Å². The van der Waals surface area contributed by atoms with E-state index in [1.165, 1.54) is 9.80 Å². The monoisotopic (exact) mass is 490 g/mol. The predicted molar refractivity (Wildman–Crippen MR) is 116 cm³/mol. The first kappa shape index (κ1) is 22.8. The minimum atomic E-state index is -0.465. The average Bonchev–Trinajstić information content (AvgIpc) is 2.69. The van der Waals surface area contributed by atoms with Gasteiger partial charge in [0, 0.05) is 46.3 Å². The first-order chi connectivity index (χ1) is 14.3. The predicted octanol–water partition coefficient (Wildman–Crippen LogP) is 5.89. The summed E-state index contributed by atoms with van der Waals surface area (Å²) in [5.41, 5.74) is 1.40. The highest BCUT2D eigenvalue weighted by molar-refractivity contribution is 6.35. The second kappa shape index (κ2) is 10.4. The molecule has 1 heterocycles. The highest BCUT2D eigenvalue weighted by Crippen LogP contribution is 2.21. The molecule has 6 nitrogen and oxygen atoms in total. The molecule has 2 aromatic carbocycles. The Labute approximate surface area is 194 Å². The van der Waals surface area contributed by atoms with E-state index in [0.717, 1.165) is 0 Å². The van der Waals surface area contributed by atoms with Gasteiger partial charge in [0.05, 0.1) is 0 Å². The summed E-state index contributed by atoms with van der Waals surface area (Å²) >= 11 is 23.8. The lowest BCUT2D eigenvalue weighted by atomic mass is 10.2. The zero-order valence-corrected chi connectivity index (χ0v) is 18.8. The van der Waals surface area contributed by atoms with E-state index < -0.39 is 12.2 Å². The number of ether oxygens (including phenoxy) is 2. The van der Waals surface area contributed by atoms with Gasteiger partial charge in [-0.1, -0.05) is 46.4 Å². The summed E-state index contributed by atoms with van der Waals surface area (Å²) in [6, 6.07) is 9.94. The molecule has 2 amide bonds. The van der Waals surface area contributed by atoms with Gasteiger partial charge in [-0.3, -0.25) is 0 Å². The van der Waals surface area contributed by atoms with Crippen molar-refractivity contribution in [3.05, 3.63) is 67.6 Å². The number of rotatable bonds is 4. The zero-order chi connectivity index (χ0) is 21.7. The molecule has 3 rings (SSSR count). The van der Waals surface area contributed by atoms with Crippen molar-refractivity contribution in [1.29, 1.82) is 0 Å². The van der Waals surface area contributed by atoms with Gasteiger partial charge in [0.15, 0.2) is 0 Å². The van der Waals surface area contributed by atoms with Crippen LogP contribution >= 0.6 is 46.4 Å². The van der Waals surface area contributed by atoms with Gasteiger partial charge in [-0.2, -0.15) is 0 Å². The summed E-state index contributed by atoms with van der Waals surface area (Å²) in [4.78, 5) is 27.6. The fourth-order valence-corrected chi connectivity index (χ4v) is 4.08. The van der Waals surface area contributed by atoms with E-state index in [4.69, 9.17) is 55.9 Å². The summed E-state index contributed by atoms with van der Waals surface area (Å²) in [5, 5.41) is 1.89. The van der Waals surface area contributed by atoms with Gasteiger partial charge in [0.2, 0.25) is 0 Å². The number of carbonyl (C=O) groups excluding carboxylic acids is 2. The van der Waals surface area contributed by atoms with Gasteiger partial charge >= 0.3 is 12.2 Å². The van der Waals surface area contributed by atoms with Crippen LogP contribution < -0.4 is 0 Å². The third-order valence-electron chi connectivity index (χ3n) is 4.37. The van der Waals surface area contributed by atoms with Crippen LogP contribution in [0.4, 0.5) is 9.59 Å². The number of nitrogens with zero attached hydrogens (tertiary/aromatic N) is 2. The maximum atomic E-state index is 12.3. The van der Waals surface area contributed by atoms with E-state index in [-0.39, 0.29) is 13.2 Å². The van der Waals surface area contributed by atoms with Crippen LogP contribution in [0.5, 0.6) is 0 Å². The molecule has 0 unspecified atom stereocenters. The van der Waals surface area contributed by atoms with Crippen molar-refractivity contribution in [2.24, 2.45) is 0 Å². The third-order valence-corrected chi connectivity index (χ3v) is 5.24. The topological polar surface area (TPSA) is 59.1 Å². The van der Waals surface area contributed by atoms with E-state index in [9.17, 15) is 9.59 Å². The van der Waals surface area contributed by atoms with Crippen LogP contribution in [0.15, 0.2) is 36.4 Å². The molecular weight excluding hydrogens is 474 g/mol. The smallest absolute Gasteiger partial charge is 0.410 e.